The smallest absolute Gasteiger partial charge is 0.193 e. The number of aromatic nitrogens is 2. The van der Waals surface area contributed by atoms with Crippen molar-refractivity contribution in [3.8, 4) is 5.13 Å². The molecule has 2 heterocycles. The van der Waals surface area contributed by atoms with Crippen LogP contribution in [-0.2, 0) is 0 Å². The molecule has 5 heteroatoms. The lowest BCUT2D eigenvalue weighted by atomic mass is 10.2. The van der Waals surface area contributed by atoms with E-state index in [0.29, 0.717) is 5.75 Å². The lowest BCUT2D eigenvalue weighted by Gasteiger charge is -2.05. The van der Waals surface area contributed by atoms with E-state index in [4.69, 9.17) is 0 Å². The third kappa shape index (κ3) is 3.41. The summed E-state index contributed by atoms with van der Waals surface area (Å²) >= 11 is 3.16. The van der Waals surface area contributed by atoms with E-state index in [2.05, 4.69) is 40.7 Å². The predicted octanol–water partition coefficient (Wildman–Crippen LogP) is 4.83. The molecule has 0 atom stereocenters. The summed E-state index contributed by atoms with van der Waals surface area (Å²) in [6.45, 7) is 6.06. The fraction of sp³-hybridized carbons (Fsp3) is 0.222. The van der Waals surface area contributed by atoms with Gasteiger partial charge in [0.25, 0.3) is 0 Å². The van der Waals surface area contributed by atoms with Crippen LogP contribution in [-0.4, -0.2) is 21.1 Å². The fourth-order valence-electron chi connectivity index (χ4n) is 2.53. The van der Waals surface area contributed by atoms with Crippen molar-refractivity contribution in [2.24, 2.45) is 0 Å². The molecule has 0 spiro atoms. The summed E-state index contributed by atoms with van der Waals surface area (Å²) in [5, 5.41) is 2.85. The Morgan fingerprint density at radius 2 is 1.96 bits per heavy atom. The summed E-state index contributed by atoms with van der Waals surface area (Å²) in [4.78, 5) is 18.1. The quantitative estimate of drug-likeness (QED) is 0.492. The Bertz CT molecular complexity index is 818. The van der Waals surface area contributed by atoms with Gasteiger partial charge >= 0.3 is 0 Å². The Morgan fingerprint density at radius 1 is 1.22 bits per heavy atom. The van der Waals surface area contributed by atoms with Crippen LogP contribution in [0.3, 0.4) is 0 Å². The molecular formula is C18H18N2OS2. The van der Waals surface area contributed by atoms with E-state index in [1.807, 2.05) is 25.3 Å². The highest BCUT2D eigenvalue weighted by Gasteiger charge is 2.17. The molecule has 2 aromatic heterocycles. The van der Waals surface area contributed by atoms with E-state index >= 15 is 0 Å². The van der Waals surface area contributed by atoms with E-state index in [1.54, 1.807) is 29.3 Å². The second-order valence-corrected chi connectivity index (χ2v) is 7.38. The molecule has 0 bridgehead atoms. The minimum absolute atomic E-state index is 0.159. The van der Waals surface area contributed by atoms with Gasteiger partial charge in [0.1, 0.15) is 0 Å². The van der Waals surface area contributed by atoms with Gasteiger partial charge in [-0.1, -0.05) is 17.7 Å². The van der Waals surface area contributed by atoms with Gasteiger partial charge in [-0.2, -0.15) is 0 Å². The molecule has 0 fully saturated rings. The second-order valence-electron chi connectivity index (χ2n) is 5.46. The van der Waals surface area contributed by atoms with Crippen molar-refractivity contribution in [1.82, 2.24) is 9.55 Å². The van der Waals surface area contributed by atoms with E-state index in [9.17, 15) is 4.79 Å². The number of hydrogen-bond acceptors (Lipinski definition) is 4. The number of nitrogens with zero attached hydrogens (tertiary/aromatic N) is 2. The first-order valence-electron chi connectivity index (χ1n) is 7.37. The van der Waals surface area contributed by atoms with Crippen molar-refractivity contribution in [3.63, 3.8) is 0 Å². The third-order valence-corrected chi connectivity index (χ3v) is 5.50. The van der Waals surface area contributed by atoms with Crippen LogP contribution >= 0.6 is 23.1 Å². The predicted molar refractivity (Wildman–Crippen MR) is 97.1 cm³/mol. The Hall–Kier alpha value is -1.85. The molecule has 0 saturated carbocycles. The number of Topliss-reactive ketones (excluding diaryl/α,β-unsaturated/α-hetero) is 1. The molecular weight excluding hydrogens is 324 g/mol. The number of hydrogen-bond donors (Lipinski definition) is 0. The monoisotopic (exact) mass is 342 g/mol. The molecule has 23 heavy (non-hydrogen) atoms. The molecule has 3 aromatic rings. The topological polar surface area (TPSA) is 34.9 Å². The van der Waals surface area contributed by atoms with Gasteiger partial charge in [0.05, 0.1) is 5.75 Å². The summed E-state index contributed by atoms with van der Waals surface area (Å²) in [7, 11) is 0. The molecule has 118 valence electrons. The van der Waals surface area contributed by atoms with Gasteiger partial charge in [-0.05, 0) is 39.0 Å². The van der Waals surface area contributed by atoms with E-state index in [-0.39, 0.29) is 5.78 Å². The highest BCUT2D eigenvalue weighted by molar-refractivity contribution is 8.00. The number of benzene rings is 1. The molecule has 0 saturated heterocycles. The number of thioether (sulfide) groups is 1. The number of aryl methyl sites for hydroxylation is 2. The molecule has 3 nitrogen and oxygen atoms in total. The molecule has 0 radical (unpaired) electrons. The summed E-state index contributed by atoms with van der Waals surface area (Å²) in [6.07, 6.45) is 1.79. The van der Waals surface area contributed by atoms with Gasteiger partial charge in [-0.3, -0.25) is 9.36 Å². The van der Waals surface area contributed by atoms with Gasteiger partial charge in [0.15, 0.2) is 10.9 Å². The number of thiazole rings is 1. The van der Waals surface area contributed by atoms with Crippen molar-refractivity contribution >= 4 is 28.9 Å². The van der Waals surface area contributed by atoms with Gasteiger partial charge in [-0.15, -0.1) is 23.1 Å². The molecule has 0 aliphatic heterocycles. The number of ketones is 1. The van der Waals surface area contributed by atoms with Crippen LogP contribution < -0.4 is 0 Å². The van der Waals surface area contributed by atoms with Crippen molar-refractivity contribution in [1.29, 1.82) is 0 Å². The average Bonchev–Trinajstić information content (AvgIpc) is 3.14. The molecule has 0 aliphatic rings. The van der Waals surface area contributed by atoms with Crippen molar-refractivity contribution in [2.75, 3.05) is 5.75 Å². The standard InChI is InChI=1S/C18H18N2OS2/c1-12-4-6-15(7-5-12)23-11-17(21)16-10-13(2)20(14(16)3)18-19-8-9-22-18/h4-10H,11H2,1-3H3. The zero-order valence-corrected chi connectivity index (χ0v) is 15.0. The maximum atomic E-state index is 12.6. The van der Waals surface area contributed by atoms with Crippen LogP contribution in [0.15, 0.2) is 46.8 Å². The van der Waals surface area contributed by atoms with Crippen molar-refractivity contribution < 1.29 is 4.79 Å². The molecule has 3 rings (SSSR count). The van der Waals surface area contributed by atoms with Crippen LogP contribution in [0, 0.1) is 20.8 Å². The lowest BCUT2D eigenvalue weighted by molar-refractivity contribution is 0.102. The second kappa shape index (κ2) is 6.72. The summed E-state index contributed by atoms with van der Waals surface area (Å²) < 4.78 is 2.05. The SMILES string of the molecule is Cc1ccc(SCC(=O)c2cc(C)n(-c3nccs3)c2C)cc1. The third-order valence-electron chi connectivity index (χ3n) is 3.73. The highest BCUT2D eigenvalue weighted by atomic mass is 32.2. The van der Waals surface area contributed by atoms with Crippen LogP contribution in [0.4, 0.5) is 0 Å². The summed E-state index contributed by atoms with van der Waals surface area (Å²) in [5.74, 6) is 0.608. The Morgan fingerprint density at radius 3 is 2.61 bits per heavy atom. The van der Waals surface area contributed by atoms with Gasteiger partial charge in [0.2, 0.25) is 0 Å². The van der Waals surface area contributed by atoms with Crippen molar-refractivity contribution in [3.05, 3.63) is 64.4 Å². The first kappa shape index (κ1) is 16.0. The first-order valence-corrected chi connectivity index (χ1v) is 9.24. The van der Waals surface area contributed by atoms with Crippen LogP contribution in [0.25, 0.3) is 5.13 Å². The minimum atomic E-state index is 0.159. The molecule has 0 unspecified atom stereocenters. The van der Waals surface area contributed by atoms with Crippen LogP contribution in [0.1, 0.15) is 27.3 Å². The Labute approximate surface area is 144 Å². The molecule has 1 aromatic carbocycles. The van der Waals surface area contributed by atoms with E-state index in [0.717, 1.165) is 27.0 Å². The Kier molecular flexibility index (Phi) is 4.68. The normalized spacial score (nSPS) is 10.9. The fourth-order valence-corrected chi connectivity index (χ4v) is 4.06. The molecule has 0 amide bonds. The first-order chi connectivity index (χ1) is 11.1. The lowest BCUT2D eigenvalue weighted by Crippen LogP contribution is -2.05. The number of carbonyl (C=O) groups is 1. The van der Waals surface area contributed by atoms with E-state index < -0.39 is 0 Å². The maximum absolute atomic E-state index is 12.6. The summed E-state index contributed by atoms with van der Waals surface area (Å²) in [6, 6.07) is 10.2. The maximum Gasteiger partial charge on any atom is 0.193 e. The van der Waals surface area contributed by atoms with Gasteiger partial charge in [-0.25, -0.2) is 4.98 Å². The molecule has 0 N–H and O–H groups in total. The highest BCUT2D eigenvalue weighted by Crippen LogP contribution is 2.25. The summed E-state index contributed by atoms with van der Waals surface area (Å²) in [5.41, 5.74) is 4.03. The zero-order valence-electron chi connectivity index (χ0n) is 13.4. The van der Waals surface area contributed by atoms with Gasteiger partial charge in [0, 0.05) is 33.4 Å². The van der Waals surface area contributed by atoms with E-state index in [1.165, 1.54) is 5.56 Å². The van der Waals surface area contributed by atoms with Crippen LogP contribution in [0.5, 0.6) is 0 Å². The molecule has 0 aliphatic carbocycles. The number of carbonyl (C=O) groups excluding carboxylic acids is 1. The zero-order chi connectivity index (χ0) is 16.4. The van der Waals surface area contributed by atoms with Crippen molar-refractivity contribution in [2.45, 2.75) is 25.7 Å². The minimum Gasteiger partial charge on any atom is -0.294 e. The van der Waals surface area contributed by atoms with Crippen LogP contribution in [0.2, 0.25) is 0 Å². The largest absolute Gasteiger partial charge is 0.294 e. The van der Waals surface area contributed by atoms with Gasteiger partial charge < -0.3 is 0 Å². The average molecular weight is 342 g/mol. The number of rotatable bonds is 5. The Balaban J connectivity index is 1.78.